The molecule has 6 heteroatoms. The van der Waals surface area contributed by atoms with Gasteiger partial charge in [-0.05, 0) is 77.0 Å². The summed E-state index contributed by atoms with van der Waals surface area (Å²) < 4.78 is 16.8. The van der Waals surface area contributed by atoms with E-state index in [0.29, 0.717) is 19.3 Å². The van der Waals surface area contributed by atoms with E-state index in [4.69, 9.17) is 14.2 Å². The first kappa shape index (κ1) is 58.4. The number of esters is 3. The highest BCUT2D eigenvalue weighted by Crippen LogP contribution is 2.15. The average molecular weight is 855 g/mol. The summed E-state index contributed by atoms with van der Waals surface area (Å²) in [6.07, 6.45) is 59.5. The Morgan fingerprint density at radius 3 is 0.984 bits per heavy atom. The second kappa shape index (κ2) is 50.0. The van der Waals surface area contributed by atoms with Crippen LogP contribution in [0.4, 0.5) is 0 Å². The van der Waals surface area contributed by atoms with Gasteiger partial charge in [0.25, 0.3) is 0 Å². The fraction of sp³-hybridized carbons (Fsp3) is 0.800. The summed E-state index contributed by atoms with van der Waals surface area (Å²) in [5.41, 5.74) is 0. The van der Waals surface area contributed by atoms with E-state index in [0.717, 1.165) is 89.9 Å². The van der Waals surface area contributed by atoms with Crippen molar-refractivity contribution < 1.29 is 28.6 Å². The van der Waals surface area contributed by atoms with Crippen molar-refractivity contribution in [3.05, 3.63) is 48.6 Å². The molecule has 61 heavy (non-hydrogen) atoms. The van der Waals surface area contributed by atoms with Crippen molar-refractivity contribution in [1.29, 1.82) is 0 Å². The zero-order chi connectivity index (χ0) is 44.4. The predicted octanol–water partition coefficient (Wildman–Crippen LogP) is 17.1. The molecule has 0 aliphatic rings. The maximum atomic E-state index is 12.8. The van der Waals surface area contributed by atoms with Crippen molar-refractivity contribution in [2.45, 2.75) is 271 Å². The molecule has 0 aromatic rings. The van der Waals surface area contributed by atoms with Gasteiger partial charge in [0, 0.05) is 19.3 Å². The smallest absolute Gasteiger partial charge is 0.306 e. The van der Waals surface area contributed by atoms with Crippen LogP contribution in [-0.4, -0.2) is 37.2 Å². The van der Waals surface area contributed by atoms with E-state index in [-0.39, 0.29) is 31.1 Å². The summed E-state index contributed by atoms with van der Waals surface area (Å²) in [7, 11) is 0. The highest BCUT2D eigenvalue weighted by Gasteiger charge is 2.19. The van der Waals surface area contributed by atoms with E-state index in [1.54, 1.807) is 0 Å². The minimum Gasteiger partial charge on any atom is -0.462 e. The molecule has 0 aliphatic carbocycles. The molecule has 0 saturated heterocycles. The maximum absolute atomic E-state index is 12.8. The van der Waals surface area contributed by atoms with Crippen LogP contribution in [0.1, 0.15) is 265 Å². The third kappa shape index (κ3) is 48.3. The number of rotatable bonds is 47. The SMILES string of the molecule is CCCC/C=C\C/C=C\CCCCCCCC(=O)OC(COC(=O)CCCCCCCCCCCC)COC(=O)CCCCCCCCCCC/C=C\C/C=C\CCCCC. The van der Waals surface area contributed by atoms with Crippen LogP contribution in [0.5, 0.6) is 0 Å². The first-order chi connectivity index (χ1) is 30.0. The first-order valence-electron chi connectivity index (χ1n) is 26.1. The molecule has 0 bridgehead atoms. The molecule has 0 aliphatic heterocycles. The Bertz CT molecular complexity index is 1070. The minimum absolute atomic E-state index is 0.0782. The second-order valence-electron chi connectivity index (χ2n) is 17.4. The van der Waals surface area contributed by atoms with Crippen LogP contribution in [0.3, 0.4) is 0 Å². The van der Waals surface area contributed by atoms with E-state index in [2.05, 4.69) is 69.4 Å². The zero-order valence-electron chi connectivity index (χ0n) is 40.4. The number of carbonyl (C=O) groups excluding carboxylic acids is 3. The normalized spacial score (nSPS) is 12.4. The zero-order valence-corrected chi connectivity index (χ0v) is 40.4. The lowest BCUT2D eigenvalue weighted by atomic mass is 10.1. The van der Waals surface area contributed by atoms with Gasteiger partial charge < -0.3 is 14.2 Å². The second-order valence-corrected chi connectivity index (χ2v) is 17.4. The van der Waals surface area contributed by atoms with Gasteiger partial charge in [0.2, 0.25) is 0 Å². The van der Waals surface area contributed by atoms with Gasteiger partial charge in [-0.25, -0.2) is 0 Å². The largest absolute Gasteiger partial charge is 0.462 e. The molecule has 1 atom stereocenters. The Morgan fingerprint density at radius 2 is 0.607 bits per heavy atom. The summed E-state index contributed by atoms with van der Waals surface area (Å²) in [6.45, 7) is 6.56. The van der Waals surface area contributed by atoms with Crippen LogP contribution in [0.2, 0.25) is 0 Å². The Balaban J connectivity index is 4.33. The molecule has 0 fully saturated rings. The van der Waals surface area contributed by atoms with E-state index >= 15 is 0 Å². The molecule has 0 spiro atoms. The molecular weight excluding hydrogens is 757 g/mol. The summed E-state index contributed by atoms with van der Waals surface area (Å²) in [4.78, 5) is 37.9. The Kier molecular flexibility index (Phi) is 47.9. The summed E-state index contributed by atoms with van der Waals surface area (Å²) >= 11 is 0. The van der Waals surface area contributed by atoms with Crippen molar-refractivity contribution in [2.75, 3.05) is 13.2 Å². The number of allylic oxidation sites excluding steroid dienone is 8. The van der Waals surface area contributed by atoms with Crippen molar-refractivity contribution in [3.8, 4) is 0 Å². The lowest BCUT2D eigenvalue weighted by Gasteiger charge is -2.18. The third-order valence-electron chi connectivity index (χ3n) is 11.3. The summed E-state index contributed by atoms with van der Waals surface area (Å²) in [5, 5.41) is 0. The predicted molar refractivity (Wildman–Crippen MR) is 261 cm³/mol. The number of unbranched alkanes of at least 4 members (excludes halogenated alkanes) is 28. The van der Waals surface area contributed by atoms with Crippen LogP contribution in [0, 0.1) is 0 Å². The van der Waals surface area contributed by atoms with Gasteiger partial charge in [-0.3, -0.25) is 14.4 Å². The highest BCUT2D eigenvalue weighted by molar-refractivity contribution is 5.71. The Morgan fingerprint density at radius 1 is 0.328 bits per heavy atom. The fourth-order valence-electron chi connectivity index (χ4n) is 7.31. The quantitative estimate of drug-likeness (QED) is 0.0263. The van der Waals surface area contributed by atoms with Crippen LogP contribution in [-0.2, 0) is 28.6 Å². The molecule has 0 rings (SSSR count). The highest BCUT2D eigenvalue weighted by atomic mass is 16.6. The molecule has 6 nitrogen and oxygen atoms in total. The van der Waals surface area contributed by atoms with Crippen LogP contribution < -0.4 is 0 Å². The molecule has 1 unspecified atom stereocenters. The molecule has 0 amide bonds. The Labute approximate surface area is 378 Å². The van der Waals surface area contributed by atoms with Gasteiger partial charge in [-0.1, -0.05) is 217 Å². The molecule has 0 heterocycles. The monoisotopic (exact) mass is 855 g/mol. The van der Waals surface area contributed by atoms with Gasteiger partial charge in [0.05, 0.1) is 0 Å². The first-order valence-corrected chi connectivity index (χ1v) is 26.1. The minimum atomic E-state index is -0.778. The number of hydrogen-bond acceptors (Lipinski definition) is 6. The molecule has 0 saturated carbocycles. The van der Waals surface area contributed by atoms with Crippen LogP contribution in [0.25, 0.3) is 0 Å². The molecule has 0 aromatic carbocycles. The van der Waals surface area contributed by atoms with E-state index < -0.39 is 6.10 Å². The maximum Gasteiger partial charge on any atom is 0.306 e. The van der Waals surface area contributed by atoms with E-state index in [9.17, 15) is 14.4 Å². The van der Waals surface area contributed by atoms with Gasteiger partial charge in [-0.2, -0.15) is 0 Å². The van der Waals surface area contributed by atoms with Gasteiger partial charge in [0.1, 0.15) is 13.2 Å². The molecule has 0 aromatic heterocycles. The molecular formula is C55H98O6. The standard InChI is InChI=1S/C55H98O6/c1-4-7-10-13-16-19-22-24-26-27-28-29-30-32-33-36-39-42-45-48-54(57)60-51-52(50-59-53(56)47-44-41-38-35-21-18-15-12-9-6-3)61-55(58)49-46-43-40-37-34-31-25-23-20-17-14-11-8-5-2/h14,16-17,19,23-26,52H,4-13,15,18,20-22,27-51H2,1-3H3/b17-14-,19-16-,25-23-,26-24-. The van der Waals surface area contributed by atoms with E-state index in [1.165, 1.54) is 135 Å². The van der Waals surface area contributed by atoms with Crippen LogP contribution in [0.15, 0.2) is 48.6 Å². The van der Waals surface area contributed by atoms with Gasteiger partial charge in [-0.15, -0.1) is 0 Å². The third-order valence-corrected chi connectivity index (χ3v) is 11.3. The summed E-state index contributed by atoms with van der Waals surface area (Å²) in [6, 6.07) is 0. The topological polar surface area (TPSA) is 78.9 Å². The number of carbonyl (C=O) groups is 3. The average Bonchev–Trinajstić information content (AvgIpc) is 3.26. The van der Waals surface area contributed by atoms with Crippen molar-refractivity contribution in [3.63, 3.8) is 0 Å². The Hall–Kier alpha value is -2.63. The molecule has 354 valence electrons. The van der Waals surface area contributed by atoms with Gasteiger partial charge in [0.15, 0.2) is 6.10 Å². The molecule has 0 radical (unpaired) electrons. The van der Waals surface area contributed by atoms with E-state index in [1.807, 2.05) is 0 Å². The van der Waals surface area contributed by atoms with Crippen molar-refractivity contribution in [1.82, 2.24) is 0 Å². The number of ether oxygens (including phenoxy) is 3. The van der Waals surface area contributed by atoms with Crippen molar-refractivity contribution >= 4 is 17.9 Å². The number of hydrogen-bond donors (Lipinski definition) is 0. The van der Waals surface area contributed by atoms with Crippen LogP contribution >= 0.6 is 0 Å². The summed E-state index contributed by atoms with van der Waals surface area (Å²) in [5.74, 6) is -0.891. The van der Waals surface area contributed by atoms with Crippen molar-refractivity contribution in [2.24, 2.45) is 0 Å². The molecule has 0 N–H and O–H groups in total. The lowest BCUT2D eigenvalue weighted by Crippen LogP contribution is -2.30. The van der Waals surface area contributed by atoms with Gasteiger partial charge >= 0.3 is 17.9 Å². The fourth-order valence-corrected chi connectivity index (χ4v) is 7.31. The lowest BCUT2D eigenvalue weighted by molar-refractivity contribution is -0.167.